The Bertz CT molecular complexity index is 563. The van der Waals surface area contributed by atoms with Gasteiger partial charge in [0.15, 0.2) is 11.5 Å². The smallest absolute Gasteiger partial charge is 0.161 e. The zero-order valence-corrected chi connectivity index (χ0v) is 12.3. The molecule has 1 aromatic heterocycles. The van der Waals surface area contributed by atoms with E-state index in [-0.39, 0.29) is 0 Å². The van der Waals surface area contributed by atoms with Gasteiger partial charge < -0.3 is 9.47 Å². The predicted octanol–water partition coefficient (Wildman–Crippen LogP) is 4.04. The normalized spacial score (nSPS) is 14.3. The highest BCUT2D eigenvalue weighted by molar-refractivity contribution is 9.10. The number of ether oxygens (including phenoxy) is 2. The van der Waals surface area contributed by atoms with E-state index in [1.165, 1.54) is 4.88 Å². The van der Waals surface area contributed by atoms with E-state index in [9.17, 15) is 0 Å². The first-order valence-corrected chi connectivity index (χ1v) is 7.38. The molecule has 1 aliphatic heterocycles. The highest BCUT2D eigenvalue weighted by atomic mass is 79.9. The molecule has 2 heterocycles. The van der Waals surface area contributed by atoms with Crippen molar-refractivity contribution in [1.29, 1.82) is 0 Å². The highest BCUT2D eigenvalue weighted by Gasteiger charge is 2.13. The molecule has 0 saturated carbocycles. The Balaban J connectivity index is 2.01. The van der Waals surface area contributed by atoms with E-state index in [1.807, 2.05) is 25.1 Å². The highest BCUT2D eigenvalue weighted by Crippen LogP contribution is 2.37. The molecule has 94 valence electrons. The van der Waals surface area contributed by atoms with Crippen molar-refractivity contribution in [3.8, 4) is 22.1 Å². The van der Waals surface area contributed by atoms with Gasteiger partial charge in [-0.05, 0) is 41.1 Å². The minimum absolute atomic E-state index is 0.705. The van der Waals surface area contributed by atoms with Crippen molar-refractivity contribution in [1.82, 2.24) is 4.98 Å². The molecule has 5 heteroatoms. The van der Waals surface area contributed by atoms with Crippen LogP contribution in [0.15, 0.2) is 22.8 Å². The Morgan fingerprint density at radius 3 is 2.72 bits per heavy atom. The summed E-state index contributed by atoms with van der Waals surface area (Å²) in [5.74, 6) is 1.64. The van der Waals surface area contributed by atoms with Gasteiger partial charge in [0, 0.05) is 16.9 Å². The van der Waals surface area contributed by atoms with E-state index in [0.29, 0.717) is 13.2 Å². The van der Waals surface area contributed by atoms with Gasteiger partial charge in [-0.2, -0.15) is 0 Å². The molecule has 18 heavy (non-hydrogen) atoms. The lowest BCUT2D eigenvalue weighted by Gasteiger charge is -2.07. The summed E-state index contributed by atoms with van der Waals surface area (Å²) in [5, 5.41) is 0.995. The first-order chi connectivity index (χ1) is 8.74. The maximum atomic E-state index is 5.69. The lowest BCUT2D eigenvalue weighted by molar-refractivity contribution is 0.297. The number of fused-ring (bicyclic) bond motifs is 1. The van der Waals surface area contributed by atoms with Gasteiger partial charge in [-0.25, -0.2) is 4.98 Å². The standard InChI is InChI=1S/C13H12BrNO2S/c1-8-12(14)15-13(18-8)9-3-4-10-11(7-9)17-6-2-5-16-10/h3-4,7H,2,5-6H2,1H3. The molecular weight excluding hydrogens is 314 g/mol. The van der Waals surface area contributed by atoms with E-state index in [0.717, 1.165) is 33.1 Å². The van der Waals surface area contributed by atoms with Crippen LogP contribution < -0.4 is 9.47 Å². The maximum Gasteiger partial charge on any atom is 0.161 e. The largest absolute Gasteiger partial charge is 0.490 e. The fourth-order valence-corrected chi connectivity index (χ4v) is 3.14. The Kier molecular flexibility index (Phi) is 3.26. The van der Waals surface area contributed by atoms with Crippen LogP contribution in [-0.4, -0.2) is 18.2 Å². The Hall–Kier alpha value is -1.07. The van der Waals surface area contributed by atoms with Crippen LogP contribution in [0.25, 0.3) is 10.6 Å². The number of benzene rings is 1. The minimum Gasteiger partial charge on any atom is -0.490 e. The molecule has 1 aliphatic rings. The van der Waals surface area contributed by atoms with Crippen LogP contribution in [0.1, 0.15) is 11.3 Å². The third-order valence-corrected chi connectivity index (χ3v) is 4.79. The van der Waals surface area contributed by atoms with Crippen molar-refractivity contribution in [3.63, 3.8) is 0 Å². The van der Waals surface area contributed by atoms with Gasteiger partial charge in [-0.1, -0.05) is 0 Å². The lowest BCUT2D eigenvalue weighted by Crippen LogP contribution is -1.97. The predicted molar refractivity (Wildman–Crippen MR) is 75.6 cm³/mol. The van der Waals surface area contributed by atoms with Gasteiger partial charge in [0.1, 0.15) is 9.61 Å². The molecule has 2 aromatic rings. The number of aromatic nitrogens is 1. The van der Waals surface area contributed by atoms with Crippen LogP contribution in [0.5, 0.6) is 11.5 Å². The number of thiazole rings is 1. The zero-order chi connectivity index (χ0) is 12.5. The number of halogens is 1. The zero-order valence-electron chi connectivity index (χ0n) is 9.90. The van der Waals surface area contributed by atoms with Gasteiger partial charge in [-0.15, -0.1) is 11.3 Å². The average Bonchev–Trinajstić information content (AvgIpc) is 2.60. The Morgan fingerprint density at radius 2 is 2.00 bits per heavy atom. The van der Waals surface area contributed by atoms with Gasteiger partial charge in [0.25, 0.3) is 0 Å². The van der Waals surface area contributed by atoms with Gasteiger partial charge in [0.05, 0.1) is 13.2 Å². The van der Waals surface area contributed by atoms with E-state index in [4.69, 9.17) is 9.47 Å². The molecule has 0 bridgehead atoms. The molecule has 0 fully saturated rings. The van der Waals surface area contributed by atoms with Crippen molar-refractivity contribution in [3.05, 3.63) is 27.7 Å². The SMILES string of the molecule is Cc1sc(-c2ccc3c(c2)OCCCO3)nc1Br. The topological polar surface area (TPSA) is 31.4 Å². The molecular formula is C13H12BrNO2S. The molecule has 0 amide bonds. The van der Waals surface area contributed by atoms with Crippen molar-refractivity contribution >= 4 is 27.3 Å². The molecule has 1 aromatic carbocycles. The van der Waals surface area contributed by atoms with Crippen LogP contribution in [0.3, 0.4) is 0 Å². The molecule has 0 saturated heterocycles. The van der Waals surface area contributed by atoms with Crippen molar-refractivity contribution in [2.75, 3.05) is 13.2 Å². The number of aryl methyl sites for hydroxylation is 1. The van der Waals surface area contributed by atoms with Gasteiger partial charge >= 0.3 is 0 Å². The first kappa shape index (κ1) is 12.0. The summed E-state index contributed by atoms with van der Waals surface area (Å²) in [5.41, 5.74) is 1.07. The summed E-state index contributed by atoms with van der Waals surface area (Å²) in [6, 6.07) is 5.99. The molecule has 0 spiro atoms. The summed E-state index contributed by atoms with van der Waals surface area (Å²) < 4.78 is 12.2. The molecule has 0 radical (unpaired) electrons. The van der Waals surface area contributed by atoms with Crippen LogP contribution in [0, 0.1) is 6.92 Å². The summed E-state index contributed by atoms with van der Waals surface area (Å²) in [6.45, 7) is 3.47. The number of rotatable bonds is 1. The number of nitrogens with zero attached hydrogens (tertiary/aromatic N) is 1. The fourth-order valence-electron chi connectivity index (χ4n) is 1.80. The molecule has 3 nitrogen and oxygen atoms in total. The molecule has 0 N–H and O–H groups in total. The summed E-state index contributed by atoms with van der Waals surface area (Å²) >= 11 is 5.11. The first-order valence-electron chi connectivity index (χ1n) is 5.77. The minimum atomic E-state index is 0.705. The van der Waals surface area contributed by atoms with E-state index in [2.05, 4.69) is 20.9 Å². The monoisotopic (exact) mass is 325 g/mol. The number of hydrogen-bond donors (Lipinski definition) is 0. The van der Waals surface area contributed by atoms with E-state index < -0.39 is 0 Å². The quantitative estimate of drug-likeness (QED) is 0.792. The summed E-state index contributed by atoms with van der Waals surface area (Å²) in [4.78, 5) is 5.67. The van der Waals surface area contributed by atoms with Crippen LogP contribution in [-0.2, 0) is 0 Å². The molecule has 0 atom stereocenters. The van der Waals surface area contributed by atoms with Crippen molar-refractivity contribution in [2.24, 2.45) is 0 Å². The van der Waals surface area contributed by atoms with Crippen LogP contribution >= 0.6 is 27.3 Å². The van der Waals surface area contributed by atoms with E-state index >= 15 is 0 Å². The van der Waals surface area contributed by atoms with E-state index in [1.54, 1.807) is 11.3 Å². The van der Waals surface area contributed by atoms with Crippen molar-refractivity contribution in [2.45, 2.75) is 13.3 Å². The fraction of sp³-hybridized carbons (Fsp3) is 0.308. The Labute approximate surface area is 118 Å². The molecule has 0 unspecified atom stereocenters. The second-order valence-electron chi connectivity index (χ2n) is 4.08. The Morgan fingerprint density at radius 1 is 1.22 bits per heavy atom. The van der Waals surface area contributed by atoms with Crippen LogP contribution in [0.2, 0.25) is 0 Å². The molecule has 0 aliphatic carbocycles. The van der Waals surface area contributed by atoms with Crippen molar-refractivity contribution < 1.29 is 9.47 Å². The molecule has 3 rings (SSSR count). The second-order valence-corrected chi connectivity index (χ2v) is 6.03. The van der Waals surface area contributed by atoms with Gasteiger partial charge in [-0.3, -0.25) is 0 Å². The maximum absolute atomic E-state index is 5.69. The number of hydrogen-bond acceptors (Lipinski definition) is 4. The summed E-state index contributed by atoms with van der Waals surface area (Å²) in [6.07, 6.45) is 0.923. The van der Waals surface area contributed by atoms with Gasteiger partial charge in [0.2, 0.25) is 0 Å². The second kappa shape index (κ2) is 4.90. The average molecular weight is 326 g/mol. The lowest BCUT2D eigenvalue weighted by atomic mass is 10.2. The van der Waals surface area contributed by atoms with Crippen LogP contribution in [0.4, 0.5) is 0 Å². The third-order valence-electron chi connectivity index (χ3n) is 2.73. The third kappa shape index (κ3) is 2.24. The summed E-state index contributed by atoms with van der Waals surface area (Å²) in [7, 11) is 0.